The molecule has 164 valence electrons. The van der Waals surface area contributed by atoms with Crippen LogP contribution in [0.3, 0.4) is 0 Å². The van der Waals surface area contributed by atoms with Gasteiger partial charge in [0, 0.05) is 11.3 Å². The lowest BCUT2D eigenvalue weighted by atomic mass is 9.83. The number of para-hydroxylation sites is 1. The van der Waals surface area contributed by atoms with E-state index in [0.29, 0.717) is 36.2 Å². The summed E-state index contributed by atoms with van der Waals surface area (Å²) in [7, 11) is 0. The van der Waals surface area contributed by atoms with Crippen LogP contribution in [0, 0.1) is 11.3 Å². The summed E-state index contributed by atoms with van der Waals surface area (Å²) in [5, 5.41) is 17.3. The van der Waals surface area contributed by atoms with Crippen molar-refractivity contribution in [2.45, 2.75) is 39.2 Å². The van der Waals surface area contributed by atoms with E-state index in [0.717, 1.165) is 35.2 Å². The second-order valence-electron chi connectivity index (χ2n) is 7.48. The fourth-order valence-electron chi connectivity index (χ4n) is 3.97. The van der Waals surface area contributed by atoms with Crippen LogP contribution in [0.5, 0.6) is 17.4 Å². The van der Waals surface area contributed by atoms with E-state index in [1.165, 1.54) is 0 Å². The molecule has 0 fully saturated rings. The van der Waals surface area contributed by atoms with Crippen molar-refractivity contribution in [3.05, 3.63) is 82.4 Å². The molecule has 1 aliphatic heterocycles. The molecule has 0 unspecified atom stereocenters. The molecule has 2 heterocycles. The minimum Gasteiger partial charge on any atom is -0.490 e. The summed E-state index contributed by atoms with van der Waals surface area (Å²) in [6, 6.07) is 17.9. The minimum absolute atomic E-state index is 0.0513. The first-order valence-electron chi connectivity index (χ1n) is 10.7. The Hall–Kier alpha value is -3.92. The third-order valence-electron chi connectivity index (χ3n) is 5.36. The Kier molecular flexibility index (Phi) is 6.31. The van der Waals surface area contributed by atoms with Gasteiger partial charge in [-0.25, -0.2) is 0 Å². The zero-order valence-electron chi connectivity index (χ0n) is 18.2. The quantitative estimate of drug-likeness (QED) is 0.543. The smallest absolute Gasteiger partial charge is 0.244 e. The van der Waals surface area contributed by atoms with Gasteiger partial charge in [0.1, 0.15) is 18.2 Å². The molecule has 4 rings (SSSR count). The van der Waals surface area contributed by atoms with Crippen molar-refractivity contribution in [2.24, 2.45) is 5.73 Å². The fraction of sp³-hybridized carbons (Fsp3) is 0.280. The van der Waals surface area contributed by atoms with Crippen molar-refractivity contribution in [3.63, 3.8) is 0 Å². The lowest BCUT2D eigenvalue weighted by molar-refractivity contribution is 0.266. The van der Waals surface area contributed by atoms with E-state index in [2.05, 4.69) is 23.2 Å². The van der Waals surface area contributed by atoms with Gasteiger partial charge in [0.05, 0.1) is 18.1 Å². The second-order valence-corrected chi connectivity index (χ2v) is 7.48. The summed E-state index contributed by atoms with van der Waals surface area (Å²) in [6.45, 7) is 4.86. The molecule has 2 aromatic carbocycles. The number of nitrogens with one attached hydrogen (secondary N) is 1. The number of ether oxygens (including phenoxy) is 3. The van der Waals surface area contributed by atoms with Crippen molar-refractivity contribution in [1.29, 1.82) is 5.26 Å². The monoisotopic (exact) mass is 430 g/mol. The van der Waals surface area contributed by atoms with Crippen LogP contribution in [0.15, 0.2) is 60.0 Å². The molecule has 32 heavy (non-hydrogen) atoms. The second kappa shape index (κ2) is 9.48. The third kappa shape index (κ3) is 4.00. The number of aromatic amines is 1. The number of fused-ring (bicyclic) bond motifs is 1. The van der Waals surface area contributed by atoms with E-state index in [1.54, 1.807) is 0 Å². The highest BCUT2D eigenvalue weighted by atomic mass is 16.5. The molecule has 0 radical (unpaired) electrons. The topological polar surface area (TPSA) is 106 Å². The SMILES string of the molecule is CCCc1[nH]nc2c1[C@H](c1cccc(OCC)c1OCc1ccccc1)C(C#N)=C(N)O2. The molecule has 0 saturated carbocycles. The van der Waals surface area contributed by atoms with Crippen molar-refractivity contribution in [3.8, 4) is 23.4 Å². The van der Waals surface area contributed by atoms with Crippen LogP contribution in [0.4, 0.5) is 0 Å². The zero-order valence-corrected chi connectivity index (χ0v) is 18.2. The van der Waals surface area contributed by atoms with Crippen LogP contribution < -0.4 is 19.9 Å². The molecule has 1 atom stereocenters. The van der Waals surface area contributed by atoms with Crippen molar-refractivity contribution in [2.75, 3.05) is 6.61 Å². The molecule has 1 aromatic heterocycles. The van der Waals surface area contributed by atoms with E-state index in [-0.39, 0.29) is 5.88 Å². The highest BCUT2D eigenvalue weighted by Crippen LogP contribution is 2.48. The molecule has 3 aromatic rings. The maximum absolute atomic E-state index is 9.98. The maximum Gasteiger partial charge on any atom is 0.244 e. The summed E-state index contributed by atoms with van der Waals surface area (Å²) in [4.78, 5) is 0. The van der Waals surface area contributed by atoms with Gasteiger partial charge >= 0.3 is 0 Å². The number of aromatic nitrogens is 2. The van der Waals surface area contributed by atoms with E-state index in [1.807, 2.05) is 55.5 Å². The number of aryl methyl sites for hydroxylation is 1. The van der Waals surface area contributed by atoms with Crippen molar-refractivity contribution >= 4 is 0 Å². The Balaban J connectivity index is 1.85. The number of allylic oxidation sites excluding steroid dienone is 1. The number of nitrogens with two attached hydrogens (primary N) is 1. The van der Waals surface area contributed by atoms with Crippen LogP contribution in [0.2, 0.25) is 0 Å². The van der Waals surface area contributed by atoms with E-state index >= 15 is 0 Å². The number of H-pyrrole nitrogens is 1. The predicted octanol–water partition coefficient (Wildman–Crippen LogP) is 4.56. The largest absolute Gasteiger partial charge is 0.490 e. The average Bonchev–Trinajstić information content (AvgIpc) is 3.20. The van der Waals surface area contributed by atoms with Gasteiger partial charge in [-0.05, 0) is 25.0 Å². The van der Waals surface area contributed by atoms with Gasteiger partial charge in [0.2, 0.25) is 11.8 Å². The van der Waals surface area contributed by atoms with Gasteiger partial charge in [-0.2, -0.15) is 5.26 Å². The molecule has 0 bridgehead atoms. The average molecular weight is 431 g/mol. The molecule has 7 heteroatoms. The van der Waals surface area contributed by atoms with Gasteiger partial charge in [-0.3, -0.25) is 5.10 Å². The van der Waals surface area contributed by atoms with Gasteiger partial charge in [0.25, 0.3) is 0 Å². The molecule has 0 saturated heterocycles. The summed E-state index contributed by atoms with van der Waals surface area (Å²) in [5.74, 6) is 1.17. The molecule has 0 aliphatic carbocycles. The normalized spacial score (nSPS) is 15.0. The Bertz CT molecular complexity index is 1160. The molecular formula is C25H26N4O3. The lowest BCUT2D eigenvalue weighted by Crippen LogP contribution is -2.22. The number of rotatable bonds is 8. The maximum atomic E-state index is 9.98. The van der Waals surface area contributed by atoms with E-state index < -0.39 is 5.92 Å². The lowest BCUT2D eigenvalue weighted by Gasteiger charge is -2.26. The van der Waals surface area contributed by atoms with Crippen LogP contribution in [-0.2, 0) is 13.0 Å². The number of nitrogens with zero attached hydrogens (tertiary/aromatic N) is 2. The Morgan fingerprint density at radius 1 is 1.12 bits per heavy atom. The van der Waals surface area contributed by atoms with Gasteiger partial charge < -0.3 is 19.9 Å². The highest BCUT2D eigenvalue weighted by molar-refractivity contribution is 5.61. The minimum atomic E-state index is -0.477. The number of nitriles is 1. The molecule has 0 amide bonds. The first-order chi connectivity index (χ1) is 15.7. The number of benzene rings is 2. The zero-order chi connectivity index (χ0) is 22.5. The Morgan fingerprint density at radius 3 is 2.66 bits per heavy atom. The molecule has 7 nitrogen and oxygen atoms in total. The summed E-state index contributed by atoms with van der Waals surface area (Å²) < 4.78 is 17.9. The molecular weight excluding hydrogens is 404 g/mol. The van der Waals surface area contributed by atoms with Gasteiger partial charge in [-0.1, -0.05) is 55.8 Å². The number of hydrogen-bond donors (Lipinski definition) is 2. The molecule has 1 aliphatic rings. The van der Waals surface area contributed by atoms with Crippen LogP contribution in [0.1, 0.15) is 48.6 Å². The van der Waals surface area contributed by atoms with Crippen molar-refractivity contribution < 1.29 is 14.2 Å². The highest BCUT2D eigenvalue weighted by Gasteiger charge is 2.37. The standard InChI is InChI=1S/C25H26N4O3/c1-3-9-19-22-21(18(14-26)24(27)32-25(22)29-28-19)17-12-8-13-20(30-4-2)23(17)31-15-16-10-6-5-7-11-16/h5-8,10-13,21H,3-4,9,15,27H2,1-2H3,(H,28,29)/t21-/m1/s1. The molecule has 3 N–H and O–H groups in total. The molecule has 0 spiro atoms. The van der Waals surface area contributed by atoms with E-state index in [9.17, 15) is 5.26 Å². The fourth-order valence-corrected chi connectivity index (χ4v) is 3.97. The van der Waals surface area contributed by atoms with Crippen molar-refractivity contribution in [1.82, 2.24) is 10.2 Å². The van der Waals surface area contributed by atoms with Gasteiger partial charge in [0.15, 0.2) is 11.5 Å². The van der Waals surface area contributed by atoms with Gasteiger partial charge in [-0.15, -0.1) is 5.10 Å². The van der Waals surface area contributed by atoms with Crippen LogP contribution in [0.25, 0.3) is 0 Å². The first-order valence-corrected chi connectivity index (χ1v) is 10.7. The summed E-state index contributed by atoms with van der Waals surface area (Å²) in [6.07, 6.45) is 1.69. The Morgan fingerprint density at radius 2 is 1.94 bits per heavy atom. The predicted molar refractivity (Wildman–Crippen MR) is 120 cm³/mol. The third-order valence-corrected chi connectivity index (χ3v) is 5.36. The van der Waals surface area contributed by atoms with Crippen LogP contribution in [-0.4, -0.2) is 16.8 Å². The van der Waals surface area contributed by atoms with Crippen LogP contribution >= 0.6 is 0 Å². The summed E-state index contributed by atoms with van der Waals surface area (Å²) in [5.41, 5.74) is 10.0. The summed E-state index contributed by atoms with van der Waals surface area (Å²) >= 11 is 0. The first kappa shape index (κ1) is 21.3. The number of hydrogen-bond acceptors (Lipinski definition) is 6. The Labute approximate surface area is 187 Å². The van der Waals surface area contributed by atoms with E-state index in [4.69, 9.17) is 19.9 Å².